The summed E-state index contributed by atoms with van der Waals surface area (Å²) in [4.78, 5) is 19.4. The fourth-order valence-electron chi connectivity index (χ4n) is 3.12. The maximum Gasteiger partial charge on any atom is 0.265 e. The Morgan fingerprint density at radius 2 is 2.17 bits per heavy atom. The first-order valence-electron chi connectivity index (χ1n) is 8.08. The van der Waals surface area contributed by atoms with Crippen LogP contribution in [0.1, 0.15) is 39.5 Å². The highest BCUT2D eigenvalue weighted by Crippen LogP contribution is 2.24. The van der Waals surface area contributed by atoms with E-state index < -0.39 is 0 Å². The summed E-state index contributed by atoms with van der Waals surface area (Å²) in [5.74, 6) is 0.442. The van der Waals surface area contributed by atoms with Gasteiger partial charge in [-0.1, -0.05) is 12.1 Å². The van der Waals surface area contributed by atoms with E-state index in [1.165, 1.54) is 23.5 Å². The van der Waals surface area contributed by atoms with Crippen molar-refractivity contribution in [2.24, 2.45) is 5.92 Å². The quantitative estimate of drug-likeness (QED) is 0.845. The van der Waals surface area contributed by atoms with Crippen LogP contribution in [0.2, 0.25) is 0 Å². The van der Waals surface area contributed by atoms with Crippen LogP contribution in [0.4, 0.5) is 4.39 Å². The molecule has 0 spiro atoms. The highest BCUT2D eigenvalue weighted by molar-refractivity contribution is 7.13. The lowest BCUT2D eigenvalue weighted by atomic mass is 9.91. The van der Waals surface area contributed by atoms with Gasteiger partial charge < -0.3 is 4.90 Å². The summed E-state index contributed by atoms with van der Waals surface area (Å²) < 4.78 is 12.9. The van der Waals surface area contributed by atoms with Gasteiger partial charge in [0.25, 0.3) is 5.91 Å². The summed E-state index contributed by atoms with van der Waals surface area (Å²) in [5.41, 5.74) is 1.16. The SMILES string of the molecule is Cc1ncc(C(=O)N2CCC[C@@H](CCc3ccc(F)cc3)C2)s1. The number of aromatic nitrogens is 1. The fourth-order valence-corrected chi connectivity index (χ4v) is 3.87. The third-order valence-electron chi connectivity index (χ3n) is 4.39. The monoisotopic (exact) mass is 332 g/mol. The normalized spacial score (nSPS) is 18.2. The molecule has 2 aromatic rings. The van der Waals surface area contributed by atoms with Crippen molar-refractivity contribution in [2.75, 3.05) is 13.1 Å². The minimum Gasteiger partial charge on any atom is -0.338 e. The van der Waals surface area contributed by atoms with Gasteiger partial charge in [0, 0.05) is 13.1 Å². The lowest BCUT2D eigenvalue weighted by Crippen LogP contribution is -2.39. The van der Waals surface area contributed by atoms with Crippen molar-refractivity contribution in [3.8, 4) is 0 Å². The van der Waals surface area contributed by atoms with Gasteiger partial charge >= 0.3 is 0 Å². The standard InChI is InChI=1S/C18H21FN2OS/c1-13-20-11-17(23-13)18(22)21-10-2-3-15(12-21)5-4-14-6-8-16(19)9-7-14/h6-9,11,15H,2-5,10,12H2,1H3/t15-/m0/s1. The molecular weight excluding hydrogens is 311 g/mol. The number of piperidine rings is 1. The molecule has 1 saturated heterocycles. The summed E-state index contributed by atoms with van der Waals surface area (Å²) in [6, 6.07) is 6.72. The molecule has 0 aliphatic carbocycles. The summed E-state index contributed by atoms with van der Waals surface area (Å²) in [6.45, 7) is 3.57. The van der Waals surface area contributed by atoms with Gasteiger partial charge in [-0.3, -0.25) is 4.79 Å². The first-order valence-corrected chi connectivity index (χ1v) is 8.89. The second kappa shape index (κ2) is 7.21. The van der Waals surface area contributed by atoms with E-state index >= 15 is 0 Å². The van der Waals surface area contributed by atoms with Crippen molar-refractivity contribution in [1.82, 2.24) is 9.88 Å². The minimum absolute atomic E-state index is 0.113. The van der Waals surface area contributed by atoms with Crippen molar-refractivity contribution >= 4 is 17.2 Å². The van der Waals surface area contributed by atoms with E-state index in [0.29, 0.717) is 5.92 Å². The van der Waals surface area contributed by atoms with Gasteiger partial charge in [-0.15, -0.1) is 11.3 Å². The molecule has 2 heterocycles. The highest BCUT2D eigenvalue weighted by atomic mass is 32.1. The molecule has 1 fully saturated rings. The summed E-state index contributed by atoms with van der Waals surface area (Å²) in [7, 11) is 0. The zero-order valence-corrected chi connectivity index (χ0v) is 14.1. The zero-order valence-electron chi connectivity index (χ0n) is 13.3. The predicted octanol–water partition coefficient (Wildman–Crippen LogP) is 4.08. The predicted molar refractivity (Wildman–Crippen MR) is 90.2 cm³/mol. The molecule has 0 unspecified atom stereocenters. The number of hydrogen-bond donors (Lipinski definition) is 0. The molecule has 1 aromatic carbocycles. The largest absolute Gasteiger partial charge is 0.338 e. The van der Waals surface area contributed by atoms with Crippen LogP contribution in [-0.4, -0.2) is 28.9 Å². The Morgan fingerprint density at radius 1 is 1.39 bits per heavy atom. The molecule has 1 aliphatic heterocycles. The molecule has 23 heavy (non-hydrogen) atoms. The third-order valence-corrected chi connectivity index (χ3v) is 5.29. The number of benzene rings is 1. The highest BCUT2D eigenvalue weighted by Gasteiger charge is 2.25. The van der Waals surface area contributed by atoms with E-state index in [9.17, 15) is 9.18 Å². The van der Waals surface area contributed by atoms with Crippen LogP contribution in [0.25, 0.3) is 0 Å². The fraction of sp³-hybridized carbons (Fsp3) is 0.444. The van der Waals surface area contributed by atoms with Gasteiger partial charge in [0.05, 0.1) is 11.2 Å². The van der Waals surface area contributed by atoms with E-state index in [4.69, 9.17) is 0 Å². The maximum absolute atomic E-state index is 12.9. The second-order valence-electron chi connectivity index (χ2n) is 6.17. The van der Waals surface area contributed by atoms with Crippen LogP contribution < -0.4 is 0 Å². The Bertz CT molecular complexity index is 668. The summed E-state index contributed by atoms with van der Waals surface area (Å²) in [5, 5.41) is 0.929. The Labute approximate surface area is 140 Å². The first-order chi connectivity index (χ1) is 11.1. The van der Waals surface area contributed by atoms with E-state index in [2.05, 4.69) is 4.98 Å². The number of thiazole rings is 1. The number of nitrogens with zero attached hydrogens (tertiary/aromatic N) is 2. The summed E-state index contributed by atoms with van der Waals surface area (Å²) in [6.07, 6.45) is 5.87. The van der Waals surface area contributed by atoms with Gasteiger partial charge in [-0.25, -0.2) is 9.37 Å². The first kappa shape index (κ1) is 16.1. The van der Waals surface area contributed by atoms with Crippen molar-refractivity contribution in [3.63, 3.8) is 0 Å². The van der Waals surface area contributed by atoms with Gasteiger partial charge in [0.15, 0.2) is 0 Å². The molecule has 1 amide bonds. The van der Waals surface area contributed by atoms with Crippen LogP contribution in [0, 0.1) is 18.7 Å². The average Bonchev–Trinajstić information content (AvgIpc) is 3.00. The Balaban J connectivity index is 1.55. The van der Waals surface area contributed by atoms with Crippen molar-refractivity contribution < 1.29 is 9.18 Å². The van der Waals surface area contributed by atoms with E-state index in [1.807, 2.05) is 24.0 Å². The smallest absolute Gasteiger partial charge is 0.265 e. The number of amides is 1. The average molecular weight is 332 g/mol. The van der Waals surface area contributed by atoms with Crippen LogP contribution in [-0.2, 0) is 6.42 Å². The molecule has 1 atom stereocenters. The molecule has 3 rings (SSSR count). The minimum atomic E-state index is -0.192. The van der Waals surface area contributed by atoms with Crippen LogP contribution in [0.5, 0.6) is 0 Å². The number of carbonyl (C=O) groups is 1. The molecule has 0 saturated carbocycles. The molecule has 3 nitrogen and oxygen atoms in total. The van der Waals surface area contributed by atoms with Crippen LogP contribution in [0.15, 0.2) is 30.5 Å². The van der Waals surface area contributed by atoms with Crippen LogP contribution in [0.3, 0.4) is 0 Å². The van der Waals surface area contributed by atoms with E-state index in [1.54, 1.807) is 6.20 Å². The Hall–Kier alpha value is -1.75. The molecule has 5 heteroatoms. The third kappa shape index (κ3) is 4.16. The molecule has 0 bridgehead atoms. The lowest BCUT2D eigenvalue weighted by Gasteiger charge is -2.32. The molecule has 122 valence electrons. The molecule has 1 aromatic heterocycles. The van der Waals surface area contributed by atoms with Gasteiger partial charge in [-0.05, 0) is 56.2 Å². The number of carbonyl (C=O) groups excluding carboxylic acids is 1. The molecule has 0 radical (unpaired) electrons. The number of likely N-dealkylation sites (tertiary alicyclic amines) is 1. The zero-order chi connectivity index (χ0) is 16.2. The number of hydrogen-bond acceptors (Lipinski definition) is 3. The van der Waals surface area contributed by atoms with Gasteiger partial charge in [0.2, 0.25) is 0 Å². The van der Waals surface area contributed by atoms with Crippen molar-refractivity contribution in [2.45, 2.75) is 32.6 Å². The van der Waals surface area contributed by atoms with Crippen LogP contribution >= 0.6 is 11.3 Å². The van der Waals surface area contributed by atoms with Gasteiger partial charge in [0.1, 0.15) is 10.7 Å². The van der Waals surface area contributed by atoms with E-state index in [-0.39, 0.29) is 11.7 Å². The molecular formula is C18H21FN2OS. The van der Waals surface area contributed by atoms with E-state index in [0.717, 1.165) is 54.2 Å². The lowest BCUT2D eigenvalue weighted by molar-refractivity contribution is 0.0673. The van der Waals surface area contributed by atoms with Gasteiger partial charge in [-0.2, -0.15) is 0 Å². The van der Waals surface area contributed by atoms with Crippen molar-refractivity contribution in [3.05, 3.63) is 51.7 Å². The Kier molecular flexibility index (Phi) is 5.06. The topological polar surface area (TPSA) is 33.2 Å². The number of rotatable bonds is 4. The molecule has 0 N–H and O–H groups in total. The molecule has 1 aliphatic rings. The van der Waals surface area contributed by atoms with Crippen molar-refractivity contribution in [1.29, 1.82) is 0 Å². The Morgan fingerprint density at radius 3 is 2.87 bits per heavy atom. The maximum atomic E-state index is 12.9. The number of halogens is 1. The number of aryl methyl sites for hydroxylation is 2. The second-order valence-corrected chi connectivity index (χ2v) is 7.40. The summed E-state index contributed by atoms with van der Waals surface area (Å²) >= 11 is 1.46.